The molecule has 3 aliphatic heterocycles. The quantitative estimate of drug-likeness (QED) is 0.300. The standard InChI is InChI=1S/C10H19N5O4/c11-10-13-7-6(8(18)14-10)12-3-15(7)9-5(17)1-4(2-16)19-9/h4-7,9-10,12-13,16-17H,1-3,11H2,(H,14,18)/t4-,5+,6?,7?,9+,10?/m0/s1. The largest absolute Gasteiger partial charge is 0.394 e. The van der Waals surface area contributed by atoms with Crippen molar-refractivity contribution in [3.05, 3.63) is 0 Å². The van der Waals surface area contributed by atoms with Crippen molar-refractivity contribution in [1.29, 1.82) is 0 Å². The van der Waals surface area contributed by atoms with Crippen molar-refractivity contribution in [1.82, 2.24) is 20.9 Å². The molecule has 0 radical (unpaired) electrons. The number of carbonyl (C=O) groups is 1. The Morgan fingerprint density at radius 3 is 3.00 bits per heavy atom. The second kappa shape index (κ2) is 4.94. The third-order valence-corrected chi connectivity index (χ3v) is 3.79. The van der Waals surface area contributed by atoms with E-state index in [1.807, 2.05) is 4.90 Å². The summed E-state index contributed by atoms with van der Waals surface area (Å²) in [6.45, 7) is 0.276. The highest BCUT2D eigenvalue weighted by Gasteiger charge is 2.49. The molecule has 3 heterocycles. The van der Waals surface area contributed by atoms with Crippen LogP contribution in [0.5, 0.6) is 0 Å². The first-order valence-electron chi connectivity index (χ1n) is 6.35. The van der Waals surface area contributed by atoms with Crippen molar-refractivity contribution >= 4 is 5.91 Å². The van der Waals surface area contributed by atoms with Crippen LogP contribution in [0.15, 0.2) is 0 Å². The minimum atomic E-state index is -0.694. The molecule has 108 valence electrons. The number of ether oxygens (including phenoxy) is 1. The van der Waals surface area contributed by atoms with E-state index in [0.29, 0.717) is 13.1 Å². The lowest BCUT2D eigenvalue weighted by Crippen LogP contribution is -2.70. The topological polar surface area (TPSA) is 132 Å². The SMILES string of the molecule is NC1NC(=O)C2NCN([C@@H]3O[C@H](CO)C[C@H]3O)C2N1. The van der Waals surface area contributed by atoms with E-state index in [1.165, 1.54) is 0 Å². The van der Waals surface area contributed by atoms with Crippen molar-refractivity contribution in [2.75, 3.05) is 13.3 Å². The van der Waals surface area contributed by atoms with E-state index >= 15 is 0 Å². The number of rotatable bonds is 2. The lowest BCUT2D eigenvalue weighted by molar-refractivity contribution is -0.133. The fourth-order valence-corrected chi connectivity index (χ4v) is 2.90. The number of nitrogens with two attached hydrogens (primary N) is 1. The van der Waals surface area contributed by atoms with Crippen molar-refractivity contribution in [2.24, 2.45) is 5.73 Å². The predicted octanol–water partition coefficient (Wildman–Crippen LogP) is -4.03. The number of aliphatic hydroxyl groups is 2. The minimum Gasteiger partial charge on any atom is -0.394 e. The van der Waals surface area contributed by atoms with Gasteiger partial charge in [-0.3, -0.25) is 21.2 Å². The molecule has 9 heteroatoms. The normalized spacial score (nSPS) is 47.2. The van der Waals surface area contributed by atoms with Crippen LogP contribution in [0, 0.1) is 0 Å². The summed E-state index contributed by atoms with van der Waals surface area (Å²) in [5.41, 5.74) is 5.69. The third-order valence-electron chi connectivity index (χ3n) is 3.79. The summed E-state index contributed by atoms with van der Waals surface area (Å²) in [5.74, 6) is -0.176. The highest BCUT2D eigenvalue weighted by atomic mass is 16.5. The van der Waals surface area contributed by atoms with E-state index in [4.69, 9.17) is 15.6 Å². The first-order chi connectivity index (χ1) is 9.10. The van der Waals surface area contributed by atoms with Crippen LogP contribution >= 0.6 is 0 Å². The Morgan fingerprint density at radius 1 is 1.53 bits per heavy atom. The summed E-state index contributed by atoms with van der Waals surface area (Å²) in [4.78, 5) is 13.6. The molecule has 0 saturated carbocycles. The van der Waals surface area contributed by atoms with Gasteiger partial charge in [-0.15, -0.1) is 0 Å². The first-order valence-corrected chi connectivity index (χ1v) is 6.35. The smallest absolute Gasteiger partial charge is 0.242 e. The van der Waals surface area contributed by atoms with Crippen LogP contribution < -0.4 is 21.7 Å². The van der Waals surface area contributed by atoms with E-state index in [2.05, 4.69) is 16.0 Å². The van der Waals surface area contributed by atoms with E-state index in [-0.39, 0.29) is 24.8 Å². The summed E-state index contributed by atoms with van der Waals surface area (Å²) < 4.78 is 5.60. The molecular weight excluding hydrogens is 254 g/mol. The maximum Gasteiger partial charge on any atom is 0.242 e. The zero-order chi connectivity index (χ0) is 13.6. The van der Waals surface area contributed by atoms with Gasteiger partial charge in [0.1, 0.15) is 18.6 Å². The van der Waals surface area contributed by atoms with Gasteiger partial charge in [-0.1, -0.05) is 0 Å². The van der Waals surface area contributed by atoms with Crippen LogP contribution in [0.2, 0.25) is 0 Å². The molecule has 0 aromatic carbocycles. The molecule has 0 aromatic rings. The van der Waals surface area contributed by atoms with Crippen LogP contribution in [0.3, 0.4) is 0 Å². The van der Waals surface area contributed by atoms with Crippen molar-refractivity contribution in [3.63, 3.8) is 0 Å². The highest BCUT2D eigenvalue weighted by molar-refractivity contribution is 5.83. The fraction of sp³-hybridized carbons (Fsp3) is 0.900. The van der Waals surface area contributed by atoms with Gasteiger partial charge < -0.3 is 20.3 Å². The van der Waals surface area contributed by atoms with Gasteiger partial charge in [0.05, 0.1) is 31.6 Å². The lowest BCUT2D eigenvalue weighted by atomic mass is 10.1. The van der Waals surface area contributed by atoms with Crippen molar-refractivity contribution < 1.29 is 19.7 Å². The number of amides is 1. The van der Waals surface area contributed by atoms with E-state index in [9.17, 15) is 9.90 Å². The molecule has 0 aromatic heterocycles. The van der Waals surface area contributed by atoms with Gasteiger partial charge in [0, 0.05) is 6.42 Å². The predicted molar refractivity (Wildman–Crippen MR) is 63.0 cm³/mol. The van der Waals surface area contributed by atoms with Gasteiger partial charge in [0.15, 0.2) is 0 Å². The molecule has 0 bridgehead atoms. The Hall–Kier alpha value is -0.810. The molecule has 3 aliphatic rings. The second-order valence-electron chi connectivity index (χ2n) is 5.09. The Balaban J connectivity index is 1.73. The molecule has 9 nitrogen and oxygen atoms in total. The maximum absolute atomic E-state index is 11.8. The molecule has 1 amide bonds. The summed E-state index contributed by atoms with van der Waals surface area (Å²) in [7, 11) is 0. The number of nitrogens with zero attached hydrogens (tertiary/aromatic N) is 1. The molecule has 3 fully saturated rings. The second-order valence-corrected chi connectivity index (χ2v) is 5.09. The van der Waals surface area contributed by atoms with Crippen molar-refractivity contribution in [2.45, 2.75) is 43.4 Å². The number of nitrogens with one attached hydrogen (secondary N) is 3. The highest BCUT2D eigenvalue weighted by Crippen LogP contribution is 2.27. The number of hydrogen-bond acceptors (Lipinski definition) is 8. The number of fused-ring (bicyclic) bond motifs is 1. The molecular formula is C10H19N5O4. The molecule has 0 spiro atoms. The lowest BCUT2D eigenvalue weighted by Gasteiger charge is -2.37. The third kappa shape index (κ3) is 2.23. The average molecular weight is 273 g/mol. The summed E-state index contributed by atoms with van der Waals surface area (Å²) >= 11 is 0. The maximum atomic E-state index is 11.8. The Kier molecular flexibility index (Phi) is 3.43. The van der Waals surface area contributed by atoms with Crippen LogP contribution in [0.1, 0.15) is 6.42 Å². The summed E-state index contributed by atoms with van der Waals surface area (Å²) in [5, 5.41) is 27.8. The first kappa shape index (κ1) is 13.2. The summed E-state index contributed by atoms with van der Waals surface area (Å²) in [6, 6.07) is -0.427. The zero-order valence-electron chi connectivity index (χ0n) is 10.3. The van der Waals surface area contributed by atoms with E-state index < -0.39 is 24.7 Å². The Bertz CT molecular complexity index is 370. The number of hydrogen-bond donors (Lipinski definition) is 6. The van der Waals surface area contributed by atoms with Crippen LogP contribution in [-0.4, -0.2) is 71.2 Å². The van der Waals surface area contributed by atoms with E-state index in [1.54, 1.807) is 0 Å². The van der Waals surface area contributed by atoms with Gasteiger partial charge >= 0.3 is 0 Å². The molecule has 19 heavy (non-hydrogen) atoms. The number of aliphatic hydroxyl groups excluding tert-OH is 2. The van der Waals surface area contributed by atoms with Gasteiger partial charge in [0.25, 0.3) is 0 Å². The fourth-order valence-electron chi connectivity index (χ4n) is 2.90. The molecule has 3 rings (SSSR count). The zero-order valence-corrected chi connectivity index (χ0v) is 10.3. The van der Waals surface area contributed by atoms with Gasteiger partial charge in [-0.2, -0.15) is 0 Å². The van der Waals surface area contributed by atoms with E-state index in [0.717, 1.165) is 0 Å². The molecule has 3 unspecified atom stereocenters. The molecule has 7 N–H and O–H groups in total. The summed E-state index contributed by atoms with van der Waals surface area (Å²) in [6.07, 6.45) is -2.19. The van der Waals surface area contributed by atoms with Gasteiger partial charge in [-0.05, 0) is 0 Å². The molecule has 3 saturated heterocycles. The van der Waals surface area contributed by atoms with Crippen LogP contribution in [-0.2, 0) is 9.53 Å². The minimum absolute atomic E-state index is 0.129. The van der Waals surface area contributed by atoms with Crippen LogP contribution in [0.25, 0.3) is 0 Å². The molecule has 6 atom stereocenters. The van der Waals surface area contributed by atoms with Crippen LogP contribution in [0.4, 0.5) is 0 Å². The monoisotopic (exact) mass is 273 g/mol. The van der Waals surface area contributed by atoms with Gasteiger partial charge in [-0.25, -0.2) is 4.90 Å². The molecule has 0 aliphatic carbocycles. The Morgan fingerprint density at radius 2 is 2.32 bits per heavy atom. The average Bonchev–Trinajstić information content (AvgIpc) is 2.92. The Labute approximate surface area is 110 Å². The number of carbonyl (C=O) groups excluding carboxylic acids is 1. The van der Waals surface area contributed by atoms with Gasteiger partial charge in [0.2, 0.25) is 5.91 Å². The van der Waals surface area contributed by atoms with Crippen molar-refractivity contribution in [3.8, 4) is 0 Å².